The van der Waals surface area contributed by atoms with Crippen molar-refractivity contribution in [1.29, 1.82) is 0 Å². The smallest absolute Gasteiger partial charge is 0.293 e. The number of nitrogens with zero attached hydrogens (tertiary/aromatic N) is 1. The van der Waals surface area contributed by atoms with Crippen molar-refractivity contribution < 1.29 is 19.1 Å². The van der Waals surface area contributed by atoms with Crippen LogP contribution in [-0.2, 0) is 11.3 Å². The van der Waals surface area contributed by atoms with Gasteiger partial charge in [-0.15, -0.1) is 0 Å². The summed E-state index contributed by atoms with van der Waals surface area (Å²) >= 11 is 15.4. The molecule has 0 N–H and O–H groups in total. The molecule has 1 fully saturated rings. The zero-order chi connectivity index (χ0) is 21.8. The van der Waals surface area contributed by atoms with Crippen molar-refractivity contribution in [3.8, 4) is 11.5 Å². The second kappa shape index (κ2) is 10.3. The van der Waals surface area contributed by atoms with E-state index in [4.69, 9.17) is 32.7 Å². The van der Waals surface area contributed by atoms with E-state index in [-0.39, 0.29) is 17.7 Å². The molecule has 2 amide bonds. The zero-order valence-electron chi connectivity index (χ0n) is 16.2. The third kappa shape index (κ3) is 5.07. The van der Waals surface area contributed by atoms with Crippen LogP contribution in [0.1, 0.15) is 24.5 Å². The SMILES string of the molecule is CCCOc1c(I)cc(C=C2SC(=O)N(Cc3c(Cl)cccc3Cl)C2=O)cc1OC. The van der Waals surface area contributed by atoms with E-state index in [1.54, 1.807) is 37.5 Å². The number of halogens is 3. The van der Waals surface area contributed by atoms with Gasteiger partial charge in [0.1, 0.15) is 0 Å². The average Bonchev–Trinajstić information content (AvgIpc) is 2.96. The highest BCUT2D eigenvalue weighted by Crippen LogP contribution is 2.38. The standard InChI is InChI=1S/C21H18Cl2INO4S/c1-3-7-29-19-16(24)8-12(9-17(19)28-2)10-18-20(26)25(21(27)30-18)11-13-14(22)5-4-6-15(13)23/h4-6,8-10H,3,7,11H2,1-2H3. The van der Waals surface area contributed by atoms with Crippen molar-refractivity contribution in [1.82, 2.24) is 4.90 Å². The summed E-state index contributed by atoms with van der Waals surface area (Å²) in [7, 11) is 1.56. The molecule has 2 aromatic rings. The highest BCUT2D eigenvalue weighted by Gasteiger charge is 2.35. The fraction of sp³-hybridized carbons (Fsp3) is 0.238. The molecule has 158 valence electrons. The molecule has 1 heterocycles. The summed E-state index contributed by atoms with van der Waals surface area (Å²) in [5.74, 6) is 0.850. The van der Waals surface area contributed by atoms with Crippen LogP contribution >= 0.6 is 57.6 Å². The second-order valence-electron chi connectivity index (χ2n) is 6.35. The van der Waals surface area contributed by atoms with E-state index in [2.05, 4.69) is 22.6 Å². The van der Waals surface area contributed by atoms with Crippen molar-refractivity contribution in [2.24, 2.45) is 0 Å². The lowest BCUT2D eigenvalue weighted by Crippen LogP contribution is -2.27. The number of hydrogen-bond acceptors (Lipinski definition) is 5. The van der Waals surface area contributed by atoms with E-state index < -0.39 is 0 Å². The molecule has 9 heteroatoms. The number of carbonyl (C=O) groups excluding carboxylic acids is 2. The Morgan fingerprint density at radius 3 is 2.53 bits per heavy atom. The van der Waals surface area contributed by atoms with Crippen molar-refractivity contribution in [3.63, 3.8) is 0 Å². The Bertz CT molecular complexity index is 1010. The van der Waals surface area contributed by atoms with Crippen LogP contribution in [0.3, 0.4) is 0 Å². The Morgan fingerprint density at radius 2 is 1.90 bits per heavy atom. The van der Waals surface area contributed by atoms with Gasteiger partial charge >= 0.3 is 0 Å². The Morgan fingerprint density at radius 1 is 1.20 bits per heavy atom. The molecule has 1 saturated heterocycles. The molecule has 1 aliphatic heterocycles. The first-order chi connectivity index (χ1) is 14.3. The van der Waals surface area contributed by atoms with Crippen molar-refractivity contribution in [2.75, 3.05) is 13.7 Å². The van der Waals surface area contributed by atoms with Crippen LogP contribution in [0.25, 0.3) is 6.08 Å². The number of ether oxygens (including phenoxy) is 2. The molecule has 0 atom stereocenters. The molecule has 0 radical (unpaired) electrons. The normalized spacial score (nSPS) is 15.2. The van der Waals surface area contributed by atoms with Gasteiger partial charge in [0.2, 0.25) is 0 Å². The molecular formula is C21H18Cl2INO4S. The fourth-order valence-corrected chi connectivity index (χ4v) is 4.93. The number of hydrogen-bond donors (Lipinski definition) is 0. The number of carbonyl (C=O) groups is 2. The van der Waals surface area contributed by atoms with E-state index in [1.807, 2.05) is 13.0 Å². The van der Waals surface area contributed by atoms with Gasteiger partial charge in [-0.2, -0.15) is 0 Å². The van der Waals surface area contributed by atoms with Gasteiger partial charge in [0.25, 0.3) is 11.1 Å². The summed E-state index contributed by atoms with van der Waals surface area (Å²) in [5, 5.41) is 0.451. The summed E-state index contributed by atoms with van der Waals surface area (Å²) in [6, 6.07) is 8.73. The molecule has 2 aromatic carbocycles. The van der Waals surface area contributed by atoms with Gasteiger partial charge in [-0.05, 0) is 76.7 Å². The maximum Gasteiger partial charge on any atom is 0.293 e. The molecular weight excluding hydrogens is 560 g/mol. The lowest BCUT2D eigenvalue weighted by atomic mass is 10.1. The lowest BCUT2D eigenvalue weighted by molar-refractivity contribution is -0.123. The first-order valence-electron chi connectivity index (χ1n) is 9.04. The molecule has 0 aliphatic carbocycles. The number of methoxy groups -OCH3 is 1. The van der Waals surface area contributed by atoms with Gasteiger partial charge in [-0.25, -0.2) is 0 Å². The summed E-state index contributed by atoms with van der Waals surface area (Å²) in [6.45, 7) is 2.62. The van der Waals surface area contributed by atoms with Crippen LogP contribution in [-0.4, -0.2) is 29.8 Å². The van der Waals surface area contributed by atoms with Crippen molar-refractivity contribution in [3.05, 3.63) is 60.0 Å². The molecule has 5 nitrogen and oxygen atoms in total. The average molecular weight is 578 g/mol. The predicted molar refractivity (Wildman–Crippen MR) is 129 cm³/mol. The van der Waals surface area contributed by atoms with E-state index >= 15 is 0 Å². The minimum Gasteiger partial charge on any atom is -0.493 e. The van der Waals surface area contributed by atoms with Crippen LogP contribution in [0, 0.1) is 3.57 Å². The van der Waals surface area contributed by atoms with Gasteiger partial charge in [0.05, 0.1) is 28.7 Å². The van der Waals surface area contributed by atoms with Gasteiger partial charge in [-0.3, -0.25) is 14.5 Å². The van der Waals surface area contributed by atoms with Gasteiger partial charge in [0, 0.05) is 15.6 Å². The lowest BCUT2D eigenvalue weighted by Gasteiger charge is -2.15. The molecule has 0 bridgehead atoms. The highest BCUT2D eigenvalue weighted by atomic mass is 127. The Hall–Kier alpha value is -1.42. The van der Waals surface area contributed by atoms with Crippen LogP contribution in [0.5, 0.6) is 11.5 Å². The van der Waals surface area contributed by atoms with Crippen LogP contribution < -0.4 is 9.47 Å². The van der Waals surface area contributed by atoms with E-state index in [0.29, 0.717) is 38.6 Å². The maximum absolute atomic E-state index is 12.9. The monoisotopic (exact) mass is 577 g/mol. The highest BCUT2D eigenvalue weighted by molar-refractivity contribution is 14.1. The first-order valence-corrected chi connectivity index (χ1v) is 11.7. The Labute approximate surface area is 202 Å². The van der Waals surface area contributed by atoms with Crippen molar-refractivity contribution >= 4 is 74.8 Å². The second-order valence-corrected chi connectivity index (χ2v) is 9.32. The minimum absolute atomic E-state index is 0.0190. The molecule has 0 unspecified atom stereocenters. The zero-order valence-corrected chi connectivity index (χ0v) is 20.7. The van der Waals surface area contributed by atoms with Gasteiger partial charge in [0.15, 0.2) is 11.5 Å². The maximum atomic E-state index is 12.9. The number of benzene rings is 2. The summed E-state index contributed by atoms with van der Waals surface area (Å²) in [5.41, 5.74) is 1.28. The summed E-state index contributed by atoms with van der Waals surface area (Å²) in [6.07, 6.45) is 2.55. The molecule has 1 aliphatic rings. The minimum atomic E-state index is -0.388. The van der Waals surface area contributed by atoms with Gasteiger partial charge < -0.3 is 9.47 Å². The van der Waals surface area contributed by atoms with Gasteiger partial charge in [-0.1, -0.05) is 36.2 Å². The predicted octanol–water partition coefficient (Wildman–Crippen LogP) is 6.63. The number of amides is 2. The van der Waals surface area contributed by atoms with Crippen molar-refractivity contribution in [2.45, 2.75) is 19.9 Å². The van der Waals surface area contributed by atoms with E-state index in [0.717, 1.165) is 32.2 Å². The Kier molecular flexibility index (Phi) is 7.95. The molecule has 0 saturated carbocycles. The molecule has 3 rings (SSSR count). The molecule has 0 spiro atoms. The summed E-state index contributed by atoms with van der Waals surface area (Å²) in [4.78, 5) is 26.8. The van der Waals surface area contributed by atoms with Crippen LogP contribution in [0.15, 0.2) is 35.2 Å². The van der Waals surface area contributed by atoms with Crippen LogP contribution in [0.4, 0.5) is 4.79 Å². The van der Waals surface area contributed by atoms with Crippen LogP contribution in [0.2, 0.25) is 10.0 Å². The number of thioether (sulfide) groups is 1. The van der Waals surface area contributed by atoms with E-state index in [1.165, 1.54) is 0 Å². The quantitative estimate of drug-likeness (QED) is 0.273. The summed E-state index contributed by atoms with van der Waals surface area (Å²) < 4.78 is 12.1. The molecule has 30 heavy (non-hydrogen) atoms. The third-order valence-corrected chi connectivity index (χ3v) is 6.67. The van der Waals surface area contributed by atoms with E-state index in [9.17, 15) is 9.59 Å². The number of rotatable bonds is 7. The Balaban J connectivity index is 1.87. The number of imide groups is 1. The first kappa shape index (κ1) is 23.2. The topological polar surface area (TPSA) is 55.8 Å². The molecule has 0 aromatic heterocycles. The third-order valence-electron chi connectivity index (χ3n) is 4.25. The largest absolute Gasteiger partial charge is 0.493 e. The fourth-order valence-electron chi connectivity index (χ4n) is 2.80.